The molecule has 0 amide bonds. The van der Waals surface area contributed by atoms with Crippen molar-refractivity contribution in [2.75, 3.05) is 0 Å². The van der Waals surface area contributed by atoms with Crippen molar-refractivity contribution in [3.63, 3.8) is 0 Å². The molecule has 5 heteroatoms. The molecule has 0 aliphatic carbocycles. The van der Waals surface area contributed by atoms with Crippen molar-refractivity contribution in [2.24, 2.45) is 0 Å². The highest BCUT2D eigenvalue weighted by atomic mass is 32.1. The zero-order chi connectivity index (χ0) is 15.9. The molecule has 3 heterocycles. The van der Waals surface area contributed by atoms with Gasteiger partial charge in [0.1, 0.15) is 4.83 Å². The minimum Gasteiger partial charge on any atom is -0.295 e. The summed E-state index contributed by atoms with van der Waals surface area (Å²) in [5.41, 5.74) is 3.28. The Morgan fingerprint density at radius 2 is 2.05 bits per heavy atom. The normalized spacial score (nSPS) is 12.7. The fourth-order valence-corrected chi connectivity index (χ4v) is 3.66. The molecular formula is C17H19N3OS. The first-order valence-corrected chi connectivity index (χ1v) is 8.18. The third-order valence-corrected chi connectivity index (χ3v) is 5.31. The highest BCUT2D eigenvalue weighted by molar-refractivity contribution is 7.18. The summed E-state index contributed by atoms with van der Waals surface area (Å²) < 4.78 is 1.73. The second-order valence-electron chi connectivity index (χ2n) is 5.74. The van der Waals surface area contributed by atoms with Gasteiger partial charge in [-0.05, 0) is 44.9 Å². The van der Waals surface area contributed by atoms with E-state index in [9.17, 15) is 4.79 Å². The maximum Gasteiger partial charge on any atom is 0.262 e. The Bertz CT molecular complexity index is 895. The first kappa shape index (κ1) is 14.9. The van der Waals surface area contributed by atoms with Gasteiger partial charge in [0.05, 0.1) is 11.7 Å². The lowest BCUT2D eigenvalue weighted by atomic mass is 10.1. The quantitative estimate of drug-likeness (QED) is 0.742. The zero-order valence-electron chi connectivity index (χ0n) is 13.3. The third kappa shape index (κ3) is 2.46. The Morgan fingerprint density at radius 1 is 1.27 bits per heavy atom. The maximum absolute atomic E-state index is 12.8. The molecule has 3 aromatic heterocycles. The molecule has 0 aliphatic heterocycles. The average molecular weight is 313 g/mol. The number of pyridine rings is 1. The smallest absolute Gasteiger partial charge is 0.262 e. The van der Waals surface area contributed by atoms with Crippen LogP contribution < -0.4 is 5.56 Å². The fraction of sp³-hybridized carbons (Fsp3) is 0.353. The molecule has 0 fully saturated rings. The molecule has 0 aliphatic rings. The van der Waals surface area contributed by atoms with E-state index in [-0.39, 0.29) is 11.6 Å². The SMILES string of the molecule is Cc1cccnc1C[C@@H](C)n1cnc2sc(C)c(C)c2c1=O. The van der Waals surface area contributed by atoms with E-state index in [1.165, 1.54) is 0 Å². The van der Waals surface area contributed by atoms with E-state index in [0.717, 1.165) is 38.3 Å². The molecule has 3 aromatic rings. The summed E-state index contributed by atoms with van der Waals surface area (Å²) in [6.45, 7) is 8.12. The minimum absolute atomic E-state index is 0.0256. The van der Waals surface area contributed by atoms with Gasteiger partial charge in [0.15, 0.2) is 0 Å². The summed E-state index contributed by atoms with van der Waals surface area (Å²) in [6, 6.07) is 4.00. The number of thiophene rings is 1. The van der Waals surface area contributed by atoms with Crippen LogP contribution in [0.25, 0.3) is 10.2 Å². The summed E-state index contributed by atoms with van der Waals surface area (Å²) in [5, 5.41) is 0.759. The van der Waals surface area contributed by atoms with Crippen molar-refractivity contribution >= 4 is 21.6 Å². The van der Waals surface area contributed by atoms with Crippen LogP contribution in [0.3, 0.4) is 0 Å². The van der Waals surface area contributed by atoms with Gasteiger partial charge in [0.25, 0.3) is 5.56 Å². The van der Waals surface area contributed by atoms with Crippen LogP contribution >= 0.6 is 11.3 Å². The van der Waals surface area contributed by atoms with Crippen molar-refractivity contribution in [2.45, 2.75) is 40.2 Å². The van der Waals surface area contributed by atoms with E-state index in [1.807, 2.05) is 39.8 Å². The van der Waals surface area contributed by atoms with Crippen molar-refractivity contribution in [3.05, 3.63) is 56.7 Å². The number of hydrogen-bond donors (Lipinski definition) is 0. The van der Waals surface area contributed by atoms with E-state index >= 15 is 0 Å². The lowest BCUT2D eigenvalue weighted by molar-refractivity contribution is 0.516. The average Bonchev–Trinajstić information content (AvgIpc) is 2.77. The summed E-state index contributed by atoms with van der Waals surface area (Å²) in [7, 11) is 0. The molecule has 0 N–H and O–H groups in total. The van der Waals surface area contributed by atoms with Gasteiger partial charge in [-0.3, -0.25) is 14.3 Å². The zero-order valence-corrected chi connectivity index (χ0v) is 14.1. The highest BCUT2D eigenvalue weighted by Gasteiger charge is 2.16. The third-order valence-electron chi connectivity index (χ3n) is 4.20. The molecule has 4 nitrogen and oxygen atoms in total. The van der Waals surface area contributed by atoms with Gasteiger partial charge < -0.3 is 0 Å². The Balaban J connectivity index is 2.03. The number of rotatable bonds is 3. The Kier molecular flexibility index (Phi) is 3.83. The van der Waals surface area contributed by atoms with Crippen LogP contribution in [0, 0.1) is 20.8 Å². The number of fused-ring (bicyclic) bond motifs is 1. The molecule has 0 spiro atoms. The topological polar surface area (TPSA) is 47.8 Å². The minimum atomic E-state index is 0.0256. The molecule has 0 bridgehead atoms. The molecule has 0 saturated carbocycles. The summed E-state index contributed by atoms with van der Waals surface area (Å²) in [4.78, 5) is 23.7. The van der Waals surface area contributed by atoms with Gasteiger partial charge in [0.2, 0.25) is 0 Å². The summed E-state index contributed by atoms with van der Waals surface area (Å²) in [6.07, 6.45) is 4.19. The largest absolute Gasteiger partial charge is 0.295 e. The van der Waals surface area contributed by atoms with Crippen LogP contribution in [-0.4, -0.2) is 14.5 Å². The molecule has 114 valence electrons. The standard InChI is InChI=1S/C17H19N3OS/c1-10-6-5-7-18-14(10)8-11(2)20-9-19-16-15(17(20)21)12(3)13(4)22-16/h5-7,9,11H,8H2,1-4H3/t11-/m1/s1. The molecule has 0 unspecified atom stereocenters. The van der Waals surface area contributed by atoms with Crippen LogP contribution in [0.1, 0.15) is 34.7 Å². The molecule has 0 radical (unpaired) electrons. The van der Waals surface area contributed by atoms with E-state index in [1.54, 1.807) is 28.4 Å². The number of aryl methyl sites for hydroxylation is 3. The molecular weight excluding hydrogens is 294 g/mol. The Morgan fingerprint density at radius 3 is 2.77 bits per heavy atom. The van der Waals surface area contributed by atoms with Gasteiger partial charge in [-0.2, -0.15) is 0 Å². The van der Waals surface area contributed by atoms with Crippen molar-refractivity contribution < 1.29 is 0 Å². The van der Waals surface area contributed by atoms with Gasteiger partial charge >= 0.3 is 0 Å². The van der Waals surface area contributed by atoms with Crippen molar-refractivity contribution in [1.82, 2.24) is 14.5 Å². The van der Waals surface area contributed by atoms with E-state index in [4.69, 9.17) is 0 Å². The predicted molar refractivity (Wildman–Crippen MR) is 90.7 cm³/mol. The first-order valence-electron chi connectivity index (χ1n) is 7.36. The van der Waals surface area contributed by atoms with Crippen molar-refractivity contribution in [3.8, 4) is 0 Å². The number of nitrogens with zero attached hydrogens (tertiary/aromatic N) is 3. The van der Waals surface area contributed by atoms with Crippen LogP contribution in [0.5, 0.6) is 0 Å². The van der Waals surface area contributed by atoms with Gasteiger partial charge in [-0.15, -0.1) is 11.3 Å². The molecule has 22 heavy (non-hydrogen) atoms. The maximum atomic E-state index is 12.8. The molecule has 1 atom stereocenters. The molecule has 3 rings (SSSR count). The van der Waals surface area contributed by atoms with E-state index < -0.39 is 0 Å². The van der Waals surface area contributed by atoms with Crippen molar-refractivity contribution in [1.29, 1.82) is 0 Å². The number of hydrogen-bond acceptors (Lipinski definition) is 4. The number of aromatic nitrogens is 3. The van der Waals surface area contributed by atoms with Crippen LogP contribution in [0.2, 0.25) is 0 Å². The fourth-order valence-electron chi connectivity index (χ4n) is 2.67. The van der Waals surface area contributed by atoms with Crippen LogP contribution in [0.4, 0.5) is 0 Å². The molecule has 0 aromatic carbocycles. The van der Waals surface area contributed by atoms with Crippen LogP contribution in [-0.2, 0) is 6.42 Å². The second-order valence-corrected chi connectivity index (χ2v) is 6.94. The van der Waals surface area contributed by atoms with Gasteiger partial charge in [0, 0.05) is 29.2 Å². The monoisotopic (exact) mass is 313 g/mol. The van der Waals surface area contributed by atoms with E-state index in [2.05, 4.69) is 9.97 Å². The Labute approximate surface area is 133 Å². The lowest BCUT2D eigenvalue weighted by Gasteiger charge is -2.15. The van der Waals surface area contributed by atoms with E-state index in [0.29, 0.717) is 0 Å². The Hall–Kier alpha value is -2.01. The highest BCUT2D eigenvalue weighted by Crippen LogP contribution is 2.26. The lowest BCUT2D eigenvalue weighted by Crippen LogP contribution is -2.25. The van der Waals surface area contributed by atoms with Crippen LogP contribution in [0.15, 0.2) is 29.5 Å². The first-order chi connectivity index (χ1) is 10.5. The van der Waals surface area contributed by atoms with Gasteiger partial charge in [-0.1, -0.05) is 6.07 Å². The molecule has 0 saturated heterocycles. The predicted octanol–water partition coefficient (Wildman–Crippen LogP) is 3.58. The second kappa shape index (κ2) is 5.65. The summed E-state index contributed by atoms with van der Waals surface area (Å²) in [5.74, 6) is 0. The summed E-state index contributed by atoms with van der Waals surface area (Å²) >= 11 is 1.58. The van der Waals surface area contributed by atoms with Gasteiger partial charge in [-0.25, -0.2) is 4.98 Å².